The Kier molecular flexibility index (Phi) is 5.85. The van der Waals surface area contributed by atoms with Crippen LogP contribution in [0.3, 0.4) is 0 Å². The van der Waals surface area contributed by atoms with Gasteiger partial charge in [0.1, 0.15) is 5.75 Å². The molecule has 0 spiro atoms. The standard InChI is InChI=1S/C20H24N2O2/c23-20(17-9-3-1-4-10-17)24-19-13-7-8-16(14-19)15-21-22-18-11-5-2-6-12-18/h2,5-8,11-14,17,21-22H,1,3-4,9-10,15H2. The summed E-state index contributed by atoms with van der Waals surface area (Å²) in [5.41, 5.74) is 8.39. The molecule has 4 nitrogen and oxygen atoms in total. The first-order chi connectivity index (χ1) is 11.8. The van der Waals surface area contributed by atoms with Gasteiger partial charge in [-0.15, -0.1) is 0 Å². The van der Waals surface area contributed by atoms with Gasteiger partial charge in [-0.2, -0.15) is 0 Å². The molecule has 126 valence electrons. The predicted molar refractivity (Wildman–Crippen MR) is 95.6 cm³/mol. The summed E-state index contributed by atoms with van der Waals surface area (Å²) in [5.74, 6) is 0.618. The molecule has 0 aromatic heterocycles. The molecular weight excluding hydrogens is 300 g/mol. The van der Waals surface area contributed by atoms with Crippen LogP contribution in [0.4, 0.5) is 5.69 Å². The van der Waals surface area contributed by atoms with Gasteiger partial charge in [0.05, 0.1) is 5.92 Å². The van der Waals surface area contributed by atoms with Crippen LogP contribution in [-0.2, 0) is 11.3 Å². The van der Waals surface area contributed by atoms with Crippen molar-refractivity contribution in [1.82, 2.24) is 5.43 Å². The summed E-state index contributed by atoms with van der Waals surface area (Å²) in [6.07, 6.45) is 5.42. The van der Waals surface area contributed by atoms with Gasteiger partial charge in [0.25, 0.3) is 0 Å². The first kappa shape index (κ1) is 16.5. The van der Waals surface area contributed by atoms with Crippen molar-refractivity contribution in [2.24, 2.45) is 5.92 Å². The molecule has 0 atom stereocenters. The zero-order valence-electron chi connectivity index (χ0n) is 13.8. The number of esters is 1. The van der Waals surface area contributed by atoms with Crippen molar-refractivity contribution in [2.75, 3.05) is 5.43 Å². The maximum absolute atomic E-state index is 12.2. The highest BCUT2D eigenvalue weighted by Crippen LogP contribution is 2.25. The molecule has 0 radical (unpaired) electrons. The lowest BCUT2D eigenvalue weighted by atomic mass is 9.89. The molecular formula is C20H24N2O2. The van der Waals surface area contributed by atoms with Crippen LogP contribution in [0.5, 0.6) is 5.75 Å². The third-order valence-corrected chi connectivity index (χ3v) is 4.35. The normalized spacial score (nSPS) is 15.0. The quantitative estimate of drug-likeness (QED) is 0.473. The van der Waals surface area contributed by atoms with Crippen LogP contribution in [0.15, 0.2) is 54.6 Å². The SMILES string of the molecule is O=C(Oc1cccc(CNNc2ccccc2)c1)C1CCCCC1. The van der Waals surface area contributed by atoms with E-state index in [2.05, 4.69) is 10.9 Å². The summed E-state index contributed by atoms with van der Waals surface area (Å²) in [7, 11) is 0. The fourth-order valence-corrected chi connectivity index (χ4v) is 3.03. The van der Waals surface area contributed by atoms with Crippen LogP contribution < -0.4 is 15.6 Å². The number of anilines is 1. The number of nitrogens with one attached hydrogen (secondary N) is 2. The van der Waals surface area contributed by atoms with Gasteiger partial charge >= 0.3 is 5.97 Å². The van der Waals surface area contributed by atoms with Crippen LogP contribution >= 0.6 is 0 Å². The molecule has 0 amide bonds. The predicted octanol–water partition coefficient (Wildman–Crippen LogP) is 4.29. The summed E-state index contributed by atoms with van der Waals surface area (Å²) in [5, 5.41) is 0. The molecule has 0 saturated heterocycles. The number of ether oxygens (including phenoxy) is 1. The van der Waals surface area contributed by atoms with Gasteiger partial charge < -0.3 is 10.2 Å². The fourth-order valence-electron chi connectivity index (χ4n) is 3.03. The number of hydrogen-bond donors (Lipinski definition) is 2. The zero-order chi connectivity index (χ0) is 16.6. The van der Waals surface area contributed by atoms with Crippen molar-refractivity contribution in [3.63, 3.8) is 0 Å². The van der Waals surface area contributed by atoms with E-state index in [0.717, 1.165) is 36.9 Å². The highest BCUT2D eigenvalue weighted by Gasteiger charge is 2.22. The highest BCUT2D eigenvalue weighted by atomic mass is 16.5. The Labute approximate surface area is 143 Å². The topological polar surface area (TPSA) is 50.4 Å². The van der Waals surface area contributed by atoms with Gasteiger partial charge in [0.2, 0.25) is 0 Å². The van der Waals surface area contributed by atoms with Crippen molar-refractivity contribution >= 4 is 11.7 Å². The van der Waals surface area contributed by atoms with E-state index in [1.54, 1.807) is 0 Å². The molecule has 0 unspecified atom stereocenters. The number of hydrazine groups is 1. The van der Waals surface area contributed by atoms with E-state index in [9.17, 15) is 4.79 Å². The van der Waals surface area contributed by atoms with E-state index >= 15 is 0 Å². The minimum absolute atomic E-state index is 0.0697. The number of carbonyl (C=O) groups is 1. The molecule has 1 fully saturated rings. The van der Waals surface area contributed by atoms with E-state index in [1.807, 2.05) is 54.6 Å². The van der Waals surface area contributed by atoms with E-state index in [4.69, 9.17) is 4.74 Å². The lowest BCUT2D eigenvalue weighted by Gasteiger charge is -2.19. The summed E-state index contributed by atoms with van der Waals surface area (Å²) in [4.78, 5) is 12.2. The molecule has 2 N–H and O–H groups in total. The molecule has 1 aliphatic rings. The number of hydrogen-bond acceptors (Lipinski definition) is 4. The van der Waals surface area contributed by atoms with E-state index in [-0.39, 0.29) is 11.9 Å². The van der Waals surface area contributed by atoms with E-state index in [1.165, 1.54) is 6.42 Å². The molecule has 1 aliphatic carbocycles. The van der Waals surface area contributed by atoms with Crippen molar-refractivity contribution in [1.29, 1.82) is 0 Å². The number of carbonyl (C=O) groups excluding carboxylic acids is 1. The lowest BCUT2D eigenvalue weighted by Crippen LogP contribution is -2.23. The van der Waals surface area contributed by atoms with Gasteiger partial charge in [-0.05, 0) is 42.7 Å². The average Bonchev–Trinajstić information content (AvgIpc) is 2.64. The number of benzene rings is 2. The summed E-state index contributed by atoms with van der Waals surface area (Å²) in [6.45, 7) is 0.643. The van der Waals surface area contributed by atoms with Crippen LogP contribution in [0.2, 0.25) is 0 Å². The number of para-hydroxylation sites is 1. The molecule has 3 rings (SSSR count). The third kappa shape index (κ3) is 4.83. The molecule has 0 bridgehead atoms. The van der Waals surface area contributed by atoms with Crippen LogP contribution in [0.25, 0.3) is 0 Å². The van der Waals surface area contributed by atoms with E-state index < -0.39 is 0 Å². The smallest absolute Gasteiger partial charge is 0.314 e. The molecule has 0 heterocycles. The van der Waals surface area contributed by atoms with Crippen molar-refractivity contribution in [2.45, 2.75) is 38.6 Å². The Morgan fingerprint density at radius 2 is 1.79 bits per heavy atom. The van der Waals surface area contributed by atoms with Crippen molar-refractivity contribution in [3.05, 3.63) is 60.2 Å². The minimum Gasteiger partial charge on any atom is -0.426 e. The zero-order valence-corrected chi connectivity index (χ0v) is 13.8. The molecule has 2 aromatic rings. The second-order valence-electron chi connectivity index (χ2n) is 6.25. The highest BCUT2D eigenvalue weighted by molar-refractivity contribution is 5.75. The van der Waals surface area contributed by atoms with Crippen molar-refractivity contribution in [3.8, 4) is 5.75 Å². The summed E-state index contributed by atoms with van der Waals surface area (Å²) >= 11 is 0. The summed E-state index contributed by atoms with van der Waals surface area (Å²) < 4.78 is 5.57. The van der Waals surface area contributed by atoms with Gasteiger partial charge in [-0.3, -0.25) is 4.79 Å². The third-order valence-electron chi connectivity index (χ3n) is 4.35. The maximum atomic E-state index is 12.2. The van der Waals surface area contributed by atoms with Crippen LogP contribution in [0, 0.1) is 5.92 Å². The van der Waals surface area contributed by atoms with Crippen LogP contribution in [-0.4, -0.2) is 5.97 Å². The second-order valence-corrected chi connectivity index (χ2v) is 6.25. The molecule has 0 aliphatic heterocycles. The maximum Gasteiger partial charge on any atom is 0.314 e. The Morgan fingerprint density at radius 1 is 1.00 bits per heavy atom. The molecule has 2 aromatic carbocycles. The van der Waals surface area contributed by atoms with Gasteiger partial charge in [-0.25, -0.2) is 5.43 Å². The monoisotopic (exact) mass is 324 g/mol. The van der Waals surface area contributed by atoms with Crippen molar-refractivity contribution < 1.29 is 9.53 Å². The summed E-state index contributed by atoms with van der Waals surface area (Å²) in [6, 6.07) is 17.6. The molecule has 1 saturated carbocycles. The van der Waals surface area contributed by atoms with Gasteiger partial charge in [-0.1, -0.05) is 49.6 Å². The lowest BCUT2D eigenvalue weighted by molar-refractivity contribution is -0.139. The minimum atomic E-state index is -0.0813. The fraction of sp³-hybridized carbons (Fsp3) is 0.350. The first-order valence-electron chi connectivity index (χ1n) is 8.66. The van der Waals surface area contributed by atoms with Gasteiger partial charge in [0, 0.05) is 12.2 Å². The molecule has 24 heavy (non-hydrogen) atoms. The Balaban J connectivity index is 1.51. The first-order valence-corrected chi connectivity index (χ1v) is 8.66. The Morgan fingerprint density at radius 3 is 2.58 bits per heavy atom. The second kappa shape index (κ2) is 8.50. The molecule has 4 heteroatoms. The van der Waals surface area contributed by atoms with E-state index in [0.29, 0.717) is 12.3 Å². The van der Waals surface area contributed by atoms with Gasteiger partial charge in [0.15, 0.2) is 0 Å². The Bertz CT molecular complexity index is 652. The Hall–Kier alpha value is -2.33. The average molecular weight is 324 g/mol. The largest absolute Gasteiger partial charge is 0.426 e. The number of rotatable bonds is 6. The van der Waals surface area contributed by atoms with Crippen LogP contribution in [0.1, 0.15) is 37.7 Å².